The molecule has 1 heterocycles. The molecular weight excluding hydrogens is 266 g/mol. The first-order valence-corrected chi connectivity index (χ1v) is 6.92. The topological polar surface area (TPSA) is 56.3 Å². The van der Waals surface area contributed by atoms with Gasteiger partial charge in [-0.3, -0.25) is 0 Å². The first kappa shape index (κ1) is 15.1. The molecule has 0 amide bonds. The zero-order valence-corrected chi connectivity index (χ0v) is 13.2. The van der Waals surface area contributed by atoms with Crippen LogP contribution >= 0.6 is 0 Å². The van der Waals surface area contributed by atoms with E-state index >= 15 is 0 Å². The van der Waals surface area contributed by atoms with Gasteiger partial charge in [0, 0.05) is 23.7 Å². The van der Waals surface area contributed by atoms with Crippen molar-refractivity contribution >= 4 is 5.82 Å². The molecule has 1 aromatic carbocycles. The average Bonchev–Trinajstić information content (AvgIpc) is 2.50. The van der Waals surface area contributed by atoms with Gasteiger partial charge in [0.2, 0.25) is 0 Å². The molecule has 0 radical (unpaired) electrons. The van der Waals surface area contributed by atoms with E-state index in [2.05, 4.69) is 15.3 Å². The summed E-state index contributed by atoms with van der Waals surface area (Å²) in [6.07, 6.45) is 0. The lowest BCUT2D eigenvalue weighted by atomic mass is 10.1. The summed E-state index contributed by atoms with van der Waals surface area (Å²) in [7, 11) is 3.28. The van der Waals surface area contributed by atoms with Gasteiger partial charge < -0.3 is 14.8 Å². The van der Waals surface area contributed by atoms with Crippen molar-refractivity contribution in [3.8, 4) is 22.8 Å². The van der Waals surface area contributed by atoms with E-state index in [0.29, 0.717) is 0 Å². The van der Waals surface area contributed by atoms with E-state index in [1.54, 1.807) is 14.2 Å². The van der Waals surface area contributed by atoms with Crippen LogP contribution in [0, 0.1) is 13.8 Å². The Morgan fingerprint density at radius 3 is 2.48 bits per heavy atom. The quantitative estimate of drug-likeness (QED) is 0.915. The minimum absolute atomic E-state index is 0.726. The van der Waals surface area contributed by atoms with E-state index in [9.17, 15) is 0 Å². The molecule has 2 aromatic rings. The lowest BCUT2D eigenvalue weighted by Crippen LogP contribution is -2.06. The Labute approximate surface area is 125 Å². The van der Waals surface area contributed by atoms with Gasteiger partial charge in [-0.1, -0.05) is 0 Å². The fraction of sp³-hybridized carbons (Fsp3) is 0.375. The van der Waals surface area contributed by atoms with Gasteiger partial charge in [0.25, 0.3) is 0 Å². The molecule has 21 heavy (non-hydrogen) atoms. The second-order valence-corrected chi connectivity index (χ2v) is 4.69. The summed E-state index contributed by atoms with van der Waals surface area (Å²) in [5.74, 6) is 3.08. The maximum atomic E-state index is 5.48. The number of ether oxygens (including phenoxy) is 2. The summed E-state index contributed by atoms with van der Waals surface area (Å²) in [5, 5.41) is 3.27. The Morgan fingerprint density at radius 1 is 1.10 bits per heavy atom. The molecule has 0 atom stereocenters. The number of hydrogen-bond acceptors (Lipinski definition) is 5. The van der Waals surface area contributed by atoms with Crippen molar-refractivity contribution in [3.63, 3.8) is 0 Å². The summed E-state index contributed by atoms with van der Waals surface area (Å²) >= 11 is 0. The standard InChI is InChI=1S/C16H21N3O2/c1-6-17-16-10(2)15(18-11(3)19-16)13-8-7-12(20-4)9-14(13)21-5/h7-9H,6H2,1-5H3,(H,17,18,19). The zero-order valence-electron chi connectivity index (χ0n) is 13.2. The van der Waals surface area contributed by atoms with Crippen LogP contribution in [0.1, 0.15) is 18.3 Å². The number of anilines is 1. The Kier molecular flexibility index (Phi) is 4.62. The molecule has 0 aliphatic carbocycles. The van der Waals surface area contributed by atoms with Crippen molar-refractivity contribution in [1.29, 1.82) is 0 Å². The van der Waals surface area contributed by atoms with Gasteiger partial charge in [-0.05, 0) is 32.9 Å². The van der Waals surface area contributed by atoms with Crippen LogP contribution in [0.15, 0.2) is 18.2 Å². The Hall–Kier alpha value is -2.30. The highest BCUT2D eigenvalue weighted by Gasteiger charge is 2.15. The molecule has 5 heteroatoms. The number of hydrogen-bond donors (Lipinski definition) is 1. The van der Waals surface area contributed by atoms with Crippen LogP contribution in [0.3, 0.4) is 0 Å². The highest BCUT2D eigenvalue weighted by Crippen LogP contribution is 2.35. The number of aryl methyl sites for hydroxylation is 1. The minimum atomic E-state index is 0.726. The van der Waals surface area contributed by atoms with Crippen LogP contribution in [0.5, 0.6) is 11.5 Å². The van der Waals surface area contributed by atoms with Gasteiger partial charge >= 0.3 is 0 Å². The Balaban J connectivity index is 2.61. The number of nitrogens with one attached hydrogen (secondary N) is 1. The summed E-state index contributed by atoms with van der Waals surface area (Å²) in [6.45, 7) is 6.76. The molecule has 0 spiro atoms. The fourth-order valence-electron chi connectivity index (χ4n) is 2.22. The fourth-order valence-corrected chi connectivity index (χ4v) is 2.22. The van der Waals surface area contributed by atoms with Crippen LogP contribution in [-0.4, -0.2) is 30.7 Å². The number of aromatic nitrogens is 2. The van der Waals surface area contributed by atoms with Gasteiger partial charge in [-0.2, -0.15) is 0 Å². The van der Waals surface area contributed by atoms with Crippen molar-refractivity contribution in [3.05, 3.63) is 29.6 Å². The molecule has 0 aliphatic heterocycles. The Bertz CT molecular complexity index is 642. The highest BCUT2D eigenvalue weighted by molar-refractivity contribution is 5.74. The number of nitrogens with zero attached hydrogens (tertiary/aromatic N) is 2. The van der Waals surface area contributed by atoms with Gasteiger partial charge in [-0.25, -0.2) is 9.97 Å². The van der Waals surface area contributed by atoms with Gasteiger partial charge in [0.05, 0.1) is 19.9 Å². The molecule has 0 bridgehead atoms. The molecule has 0 saturated carbocycles. The van der Waals surface area contributed by atoms with Crippen LogP contribution < -0.4 is 14.8 Å². The molecule has 0 aliphatic rings. The monoisotopic (exact) mass is 287 g/mol. The van der Waals surface area contributed by atoms with E-state index in [1.165, 1.54) is 0 Å². The second-order valence-electron chi connectivity index (χ2n) is 4.69. The predicted octanol–water partition coefficient (Wildman–Crippen LogP) is 3.21. The number of benzene rings is 1. The smallest absolute Gasteiger partial charge is 0.133 e. The van der Waals surface area contributed by atoms with Crippen LogP contribution in [0.2, 0.25) is 0 Å². The number of methoxy groups -OCH3 is 2. The largest absolute Gasteiger partial charge is 0.497 e. The number of rotatable bonds is 5. The normalized spacial score (nSPS) is 10.3. The second kappa shape index (κ2) is 6.43. The van der Waals surface area contributed by atoms with E-state index < -0.39 is 0 Å². The minimum Gasteiger partial charge on any atom is -0.497 e. The average molecular weight is 287 g/mol. The summed E-state index contributed by atoms with van der Waals surface area (Å²) in [4.78, 5) is 9.03. The van der Waals surface area contributed by atoms with Gasteiger partial charge in [-0.15, -0.1) is 0 Å². The van der Waals surface area contributed by atoms with Gasteiger partial charge in [0.15, 0.2) is 0 Å². The van der Waals surface area contributed by atoms with Crippen molar-refractivity contribution in [2.24, 2.45) is 0 Å². The summed E-state index contributed by atoms with van der Waals surface area (Å²) in [5.41, 5.74) is 2.81. The van der Waals surface area contributed by atoms with Crippen LogP contribution in [0.25, 0.3) is 11.3 Å². The van der Waals surface area contributed by atoms with Crippen LogP contribution in [0.4, 0.5) is 5.82 Å². The van der Waals surface area contributed by atoms with Crippen molar-refractivity contribution in [1.82, 2.24) is 9.97 Å². The molecule has 112 valence electrons. The summed E-state index contributed by atoms with van der Waals surface area (Å²) < 4.78 is 10.7. The maximum absolute atomic E-state index is 5.48. The summed E-state index contributed by atoms with van der Waals surface area (Å²) in [6, 6.07) is 5.73. The molecule has 1 N–H and O–H groups in total. The van der Waals surface area contributed by atoms with Crippen molar-refractivity contribution in [2.75, 3.05) is 26.1 Å². The first-order chi connectivity index (χ1) is 10.1. The first-order valence-electron chi connectivity index (χ1n) is 6.92. The highest BCUT2D eigenvalue weighted by atomic mass is 16.5. The van der Waals surface area contributed by atoms with E-state index in [-0.39, 0.29) is 0 Å². The molecular formula is C16H21N3O2. The Morgan fingerprint density at radius 2 is 1.86 bits per heavy atom. The molecule has 1 aromatic heterocycles. The molecule has 0 unspecified atom stereocenters. The molecule has 2 rings (SSSR count). The zero-order chi connectivity index (χ0) is 15.4. The van der Waals surface area contributed by atoms with Crippen molar-refractivity contribution < 1.29 is 9.47 Å². The molecule has 0 saturated heterocycles. The third kappa shape index (κ3) is 3.07. The lowest BCUT2D eigenvalue weighted by Gasteiger charge is -2.15. The third-order valence-electron chi connectivity index (χ3n) is 3.27. The van der Waals surface area contributed by atoms with Crippen LogP contribution in [-0.2, 0) is 0 Å². The third-order valence-corrected chi connectivity index (χ3v) is 3.27. The lowest BCUT2D eigenvalue weighted by molar-refractivity contribution is 0.395. The SMILES string of the molecule is CCNc1nc(C)nc(-c2ccc(OC)cc2OC)c1C. The van der Waals surface area contributed by atoms with Crippen molar-refractivity contribution in [2.45, 2.75) is 20.8 Å². The maximum Gasteiger partial charge on any atom is 0.133 e. The van der Waals surface area contributed by atoms with E-state index in [1.807, 2.05) is 39.0 Å². The molecule has 0 fully saturated rings. The van der Waals surface area contributed by atoms with E-state index in [4.69, 9.17) is 9.47 Å². The van der Waals surface area contributed by atoms with E-state index in [0.717, 1.165) is 46.5 Å². The predicted molar refractivity (Wildman–Crippen MR) is 84.2 cm³/mol. The van der Waals surface area contributed by atoms with Gasteiger partial charge in [0.1, 0.15) is 23.1 Å². The molecule has 5 nitrogen and oxygen atoms in total.